The first-order valence-electron chi connectivity index (χ1n) is 10.7. The Kier molecular flexibility index (Phi) is 7.14. The summed E-state index contributed by atoms with van der Waals surface area (Å²) in [4.78, 5) is 2.21. The SMILES string of the molecule is COc1cccc(CN(Cc2ccc3c(c2)OCO3)C[C@H](O)Cc2ccccc2)c1OC. The van der Waals surface area contributed by atoms with Crippen molar-refractivity contribution in [1.82, 2.24) is 4.90 Å². The minimum Gasteiger partial charge on any atom is -0.493 e. The molecule has 0 saturated heterocycles. The van der Waals surface area contributed by atoms with Gasteiger partial charge in [-0.2, -0.15) is 0 Å². The Morgan fingerprint density at radius 1 is 0.875 bits per heavy atom. The molecule has 32 heavy (non-hydrogen) atoms. The summed E-state index contributed by atoms with van der Waals surface area (Å²) in [6, 6.07) is 21.9. The maximum absolute atomic E-state index is 10.9. The van der Waals surface area contributed by atoms with Crippen molar-refractivity contribution in [2.75, 3.05) is 27.6 Å². The molecule has 3 aromatic carbocycles. The molecule has 6 heteroatoms. The number of aliphatic hydroxyl groups excluding tert-OH is 1. The molecule has 0 radical (unpaired) electrons. The quantitative estimate of drug-likeness (QED) is 0.519. The molecule has 0 spiro atoms. The third kappa shape index (κ3) is 5.33. The maximum atomic E-state index is 10.9. The molecule has 0 amide bonds. The first-order chi connectivity index (χ1) is 15.7. The number of fused-ring (bicyclic) bond motifs is 1. The fourth-order valence-corrected chi connectivity index (χ4v) is 4.05. The Morgan fingerprint density at radius 2 is 1.69 bits per heavy atom. The number of para-hydroxylation sites is 1. The average molecular weight is 436 g/mol. The number of methoxy groups -OCH3 is 2. The van der Waals surface area contributed by atoms with Gasteiger partial charge >= 0.3 is 0 Å². The largest absolute Gasteiger partial charge is 0.493 e. The summed E-state index contributed by atoms with van der Waals surface area (Å²) in [5.74, 6) is 2.92. The summed E-state index contributed by atoms with van der Waals surface area (Å²) < 4.78 is 22.1. The van der Waals surface area contributed by atoms with Gasteiger partial charge in [0.05, 0.1) is 20.3 Å². The van der Waals surface area contributed by atoms with Crippen LogP contribution in [-0.4, -0.2) is 43.7 Å². The monoisotopic (exact) mass is 435 g/mol. The topological polar surface area (TPSA) is 60.4 Å². The fraction of sp³-hybridized carbons (Fsp3) is 0.308. The maximum Gasteiger partial charge on any atom is 0.231 e. The van der Waals surface area contributed by atoms with Crippen molar-refractivity contribution < 1.29 is 24.1 Å². The van der Waals surface area contributed by atoms with Gasteiger partial charge in [-0.15, -0.1) is 0 Å². The Labute approximate surface area is 188 Å². The number of aliphatic hydroxyl groups is 1. The van der Waals surface area contributed by atoms with Gasteiger partial charge in [-0.05, 0) is 35.7 Å². The Hall–Kier alpha value is -3.22. The standard InChI is InChI=1S/C26H29NO5/c1-29-24-10-6-9-21(26(24)30-2)16-27(17-22(28)13-19-7-4-3-5-8-19)15-20-11-12-23-25(14-20)32-18-31-23/h3-12,14,22,28H,13,15-18H2,1-2H3/t22-/m1/s1. The molecule has 0 aliphatic carbocycles. The second-order valence-corrected chi connectivity index (χ2v) is 7.85. The van der Waals surface area contributed by atoms with E-state index in [9.17, 15) is 5.11 Å². The first kappa shape index (κ1) is 22.0. The van der Waals surface area contributed by atoms with Crippen LogP contribution in [0, 0.1) is 0 Å². The lowest BCUT2D eigenvalue weighted by molar-refractivity contribution is 0.104. The highest BCUT2D eigenvalue weighted by atomic mass is 16.7. The Bertz CT molecular complexity index is 1020. The molecule has 0 aromatic heterocycles. The van der Waals surface area contributed by atoms with Crippen molar-refractivity contribution in [3.63, 3.8) is 0 Å². The van der Waals surface area contributed by atoms with Crippen LogP contribution in [0.15, 0.2) is 66.7 Å². The van der Waals surface area contributed by atoms with Gasteiger partial charge in [-0.25, -0.2) is 0 Å². The summed E-state index contributed by atoms with van der Waals surface area (Å²) in [5.41, 5.74) is 3.20. The van der Waals surface area contributed by atoms with Crippen molar-refractivity contribution in [1.29, 1.82) is 0 Å². The normalized spacial score (nSPS) is 13.2. The molecule has 1 aliphatic heterocycles. The number of rotatable bonds is 10. The third-order valence-corrected chi connectivity index (χ3v) is 5.50. The summed E-state index contributed by atoms with van der Waals surface area (Å²) in [5, 5.41) is 10.9. The van der Waals surface area contributed by atoms with E-state index >= 15 is 0 Å². The molecule has 1 heterocycles. The van der Waals surface area contributed by atoms with Gasteiger partial charge in [0, 0.05) is 25.2 Å². The van der Waals surface area contributed by atoms with Crippen molar-refractivity contribution in [3.05, 3.63) is 83.4 Å². The van der Waals surface area contributed by atoms with E-state index in [1.165, 1.54) is 0 Å². The van der Waals surface area contributed by atoms with E-state index in [1.54, 1.807) is 14.2 Å². The molecule has 0 bridgehead atoms. The zero-order valence-electron chi connectivity index (χ0n) is 18.5. The van der Waals surface area contributed by atoms with Crippen LogP contribution in [0.2, 0.25) is 0 Å². The molecule has 4 rings (SSSR count). The summed E-state index contributed by atoms with van der Waals surface area (Å²) in [6.45, 7) is 1.99. The van der Waals surface area contributed by atoms with E-state index in [2.05, 4.69) is 4.90 Å². The number of ether oxygens (including phenoxy) is 4. The number of benzene rings is 3. The number of nitrogens with zero attached hydrogens (tertiary/aromatic N) is 1. The first-order valence-corrected chi connectivity index (χ1v) is 10.7. The van der Waals surface area contributed by atoms with Crippen molar-refractivity contribution in [2.24, 2.45) is 0 Å². The zero-order valence-corrected chi connectivity index (χ0v) is 18.5. The number of hydrogen-bond donors (Lipinski definition) is 1. The number of hydrogen-bond acceptors (Lipinski definition) is 6. The summed E-state index contributed by atoms with van der Waals surface area (Å²) in [6.07, 6.45) is 0.0799. The van der Waals surface area contributed by atoms with E-state index in [-0.39, 0.29) is 6.79 Å². The van der Waals surface area contributed by atoms with Crippen LogP contribution in [0.3, 0.4) is 0 Å². The predicted octanol–water partition coefficient (Wildman–Crippen LogP) is 4.04. The average Bonchev–Trinajstić information content (AvgIpc) is 3.27. The molecule has 3 aromatic rings. The van der Waals surface area contributed by atoms with Gasteiger partial charge in [0.2, 0.25) is 6.79 Å². The molecule has 6 nitrogen and oxygen atoms in total. The van der Waals surface area contributed by atoms with Gasteiger partial charge in [0.15, 0.2) is 23.0 Å². The van der Waals surface area contributed by atoms with Crippen LogP contribution < -0.4 is 18.9 Å². The van der Waals surface area contributed by atoms with Gasteiger partial charge in [-0.3, -0.25) is 4.90 Å². The van der Waals surface area contributed by atoms with Crippen LogP contribution in [0.4, 0.5) is 0 Å². The fourth-order valence-electron chi connectivity index (χ4n) is 4.05. The Balaban J connectivity index is 1.54. The summed E-state index contributed by atoms with van der Waals surface area (Å²) >= 11 is 0. The minimum atomic E-state index is -0.511. The molecule has 0 fully saturated rings. The molecule has 168 valence electrons. The predicted molar refractivity (Wildman–Crippen MR) is 122 cm³/mol. The molecule has 1 atom stereocenters. The van der Waals surface area contributed by atoms with E-state index in [0.717, 1.165) is 28.2 Å². The van der Waals surface area contributed by atoms with Crippen molar-refractivity contribution in [2.45, 2.75) is 25.6 Å². The molecule has 0 saturated carbocycles. The lowest BCUT2D eigenvalue weighted by Gasteiger charge is -2.26. The van der Waals surface area contributed by atoms with Crippen molar-refractivity contribution in [3.8, 4) is 23.0 Å². The van der Waals surface area contributed by atoms with Gasteiger partial charge in [-0.1, -0.05) is 48.5 Å². The smallest absolute Gasteiger partial charge is 0.231 e. The molecular weight excluding hydrogens is 406 g/mol. The second kappa shape index (κ2) is 10.4. The molecular formula is C26H29NO5. The van der Waals surface area contributed by atoms with Crippen LogP contribution in [0.5, 0.6) is 23.0 Å². The zero-order chi connectivity index (χ0) is 22.3. The lowest BCUT2D eigenvalue weighted by Crippen LogP contribution is -2.33. The van der Waals surface area contributed by atoms with E-state index in [4.69, 9.17) is 18.9 Å². The highest BCUT2D eigenvalue weighted by Gasteiger charge is 2.19. The van der Waals surface area contributed by atoms with E-state index < -0.39 is 6.10 Å². The van der Waals surface area contributed by atoms with Crippen LogP contribution in [0.1, 0.15) is 16.7 Å². The Morgan fingerprint density at radius 3 is 2.47 bits per heavy atom. The van der Waals surface area contributed by atoms with Gasteiger partial charge in [0.1, 0.15) is 0 Å². The lowest BCUT2D eigenvalue weighted by atomic mass is 10.1. The van der Waals surface area contributed by atoms with Gasteiger partial charge in [0.25, 0.3) is 0 Å². The van der Waals surface area contributed by atoms with Crippen molar-refractivity contribution >= 4 is 0 Å². The van der Waals surface area contributed by atoms with E-state index in [1.807, 2.05) is 66.7 Å². The summed E-state index contributed by atoms with van der Waals surface area (Å²) in [7, 11) is 3.28. The van der Waals surface area contributed by atoms with Gasteiger partial charge < -0.3 is 24.1 Å². The molecule has 0 unspecified atom stereocenters. The highest BCUT2D eigenvalue weighted by molar-refractivity contribution is 5.47. The molecule has 1 N–H and O–H groups in total. The van der Waals surface area contributed by atoms with Crippen LogP contribution in [-0.2, 0) is 19.5 Å². The van der Waals surface area contributed by atoms with E-state index in [0.29, 0.717) is 37.6 Å². The second-order valence-electron chi connectivity index (χ2n) is 7.85. The third-order valence-electron chi connectivity index (χ3n) is 5.50. The highest BCUT2D eigenvalue weighted by Crippen LogP contribution is 2.34. The minimum absolute atomic E-state index is 0.249. The molecule has 1 aliphatic rings. The van der Waals surface area contributed by atoms with Crippen LogP contribution >= 0.6 is 0 Å². The van der Waals surface area contributed by atoms with Crippen LogP contribution in [0.25, 0.3) is 0 Å².